The lowest BCUT2D eigenvalue weighted by Crippen LogP contribution is -2.08. The maximum Gasteiger partial charge on any atom is 0.235 e. The lowest BCUT2D eigenvalue weighted by molar-refractivity contribution is 0.296. The molecular weight excluding hydrogens is 310 g/mol. The van der Waals surface area contributed by atoms with E-state index in [1.807, 2.05) is 13.0 Å². The van der Waals surface area contributed by atoms with Crippen molar-refractivity contribution in [2.75, 3.05) is 13.2 Å². The minimum atomic E-state index is -0.407. The molecule has 0 unspecified atom stereocenters. The van der Waals surface area contributed by atoms with Gasteiger partial charge in [-0.2, -0.15) is 4.99 Å². The highest BCUT2D eigenvalue weighted by molar-refractivity contribution is 9.10. The molecule has 0 atom stereocenters. The Bertz CT molecular complexity index is 575. The number of hydrogen-bond donors (Lipinski definition) is 0. The molecule has 0 spiro atoms. The second kappa shape index (κ2) is 4.66. The summed E-state index contributed by atoms with van der Waals surface area (Å²) in [5, 5.41) is 0. The van der Waals surface area contributed by atoms with Crippen molar-refractivity contribution in [3.8, 4) is 11.5 Å². The van der Waals surface area contributed by atoms with E-state index in [1.165, 1.54) is 0 Å². The highest BCUT2D eigenvalue weighted by Gasteiger charge is 2.48. The summed E-state index contributed by atoms with van der Waals surface area (Å²) in [5.41, 5.74) is 1.62. The van der Waals surface area contributed by atoms with Crippen molar-refractivity contribution >= 4 is 22.0 Å². The molecule has 1 saturated carbocycles. The molecule has 4 nitrogen and oxygen atoms in total. The van der Waals surface area contributed by atoms with Crippen LogP contribution in [-0.2, 0) is 10.3 Å². The molecule has 1 aliphatic heterocycles. The largest absolute Gasteiger partial charge is 0.490 e. The van der Waals surface area contributed by atoms with Gasteiger partial charge >= 0.3 is 0 Å². The van der Waals surface area contributed by atoms with E-state index in [2.05, 4.69) is 20.9 Å². The smallest absolute Gasteiger partial charge is 0.235 e. The van der Waals surface area contributed by atoms with Crippen LogP contribution in [0.15, 0.2) is 15.5 Å². The quantitative estimate of drug-likeness (QED) is 0.620. The molecule has 1 aromatic rings. The summed E-state index contributed by atoms with van der Waals surface area (Å²) in [6.45, 7) is 3.31. The van der Waals surface area contributed by atoms with Crippen molar-refractivity contribution in [2.45, 2.75) is 31.7 Å². The number of benzene rings is 1. The van der Waals surface area contributed by atoms with Crippen molar-refractivity contribution in [3.63, 3.8) is 0 Å². The van der Waals surface area contributed by atoms with Gasteiger partial charge in [-0.3, -0.25) is 0 Å². The lowest BCUT2D eigenvalue weighted by atomic mass is 9.98. The van der Waals surface area contributed by atoms with Crippen LogP contribution >= 0.6 is 15.9 Å². The van der Waals surface area contributed by atoms with Crippen LogP contribution in [0.4, 0.5) is 0 Å². The Balaban J connectivity index is 2.16. The zero-order valence-corrected chi connectivity index (χ0v) is 12.2. The van der Waals surface area contributed by atoms with Gasteiger partial charge in [0.2, 0.25) is 6.08 Å². The van der Waals surface area contributed by atoms with E-state index >= 15 is 0 Å². The third-order valence-corrected chi connectivity index (χ3v) is 4.30. The minimum Gasteiger partial charge on any atom is -0.490 e. The SMILES string of the molecule is Cc1c2c(cc(Br)c1C1(N=C=O)CC1)OCCCO2. The first-order valence-electron chi connectivity index (χ1n) is 6.36. The van der Waals surface area contributed by atoms with E-state index in [0.29, 0.717) is 13.2 Å². The zero-order valence-electron chi connectivity index (χ0n) is 10.7. The monoisotopic (exact) mass is 323 g/mol. The van der Waals surface area contributed by atoms with Crippen LogP contribution in [0.2, 0.25) is 0 Å². The van der Waals surface area contributed by atoms with Gasteiger partial charge in [0.15, 0.2) is 11.5 Å². The van der Waals surface area contributed by atoms with Gasteiger partial charge in [0, 0.05) is 22.0 Å². The summed E-state index contributed by atoms with van der Waals surface area (Å²) < 4.78 is 12.4. The fraction of sp³-hybridized carbons (Fsp3) is 0.500. The van der Waals surface area contributed by atoms with E-state index < -0.39 is 5.54 Å². The van der Waals surface area contributed by atoms with Crippen LogP contribution in [0.5, 0.6) is 11.5 Å². The van der Waals surface area contributed by atoms with Crippen LogP contribution in [-0.4, -0.2) is 19.3 Å². The number of nitrogens with zero attached hydrogens (tertiary/aromatic N) is 1. The molecule has 0 saturated heterocycles. The Labute approximate surface area is 119 Å². The second-order valence-corrected chi connectivity index (χ2v) is 5.83. The standard InChI is InChI=1S/C14H14BrNO3/c1-9-12(14(3-4-14)16-8-17)10(15)7-11-13(9)19-6-2-5-18-11/h7H,2-6H2,1H3. The molecule has 1 aromatic carbocycles. The molecule has 19 heavy (non-hydrogen) atoms. The third kappa shape index (κ3) is 2.07. The second-order valence-electron chi connectivity index (χ2n) is 4.97. The van der Waals surface area contributed by atoms with Crippen LogP contribution in [0.25, 0.3) is 0 Å². The van der Waals surface area contributed by atoms with Crippen molar-refractivity contribution in [2.24, 2.45) is 4.99 Å². The normalized spacial score (nSPS) is 19.3. The first-order valence-corrected chi connectivity index (χ1v) is 7.15. The summed E-state index contributed by atoms with van der Waals surface area (Å²) in [6, 6.07) is 1.92. The number of hydrogen-bond acceptors (Lipinski definition) is 4. The average molecular weight is 324 g/mol. The molecule has 1 heterocycles. The number of fused-ring (bicyclic) bond motifs is 1. The van der Waals surface area contributed by atoms with Crippen molar-refractivity contribution < 1.29 is 14.3 Å². The van der Waals surface area contributed by atoms with Crippen LogP contribution in [0.3, 0.4) is 0 Å². The van der Waals surface area contributed by atoms with E-state index in [0.717, 1.165) is 46.4 Å². The Morgan fingerprint density at radius 3 is 2.79 bits per heavy atom. The summed E-state index contributed by atoms with van der Waals surface area (Å²) >= 11 is 3.57. The Morgan fingerprint density at radius 2 is 2.11 bits per heavy atom. The highest BCUT2D eigenvalue weighted by Crippen LogP contribution is 2.55. The fourth-order valence-corrected chi connectivity index (χ4v) is 3.50. The molecule has 1 aliphatic carbocycles. The predicted molar refractivity (Wildman–Crippen MR) is 73.5 cm³/mol. The molecule has 0 amide bonds. The number of isocyanates is 1. The molecule has 100 valence electrons. The molecule has 2 aliphatic rings. The molecule has 3 rings (SSSR count). The molecule has 0 radical (unpaired) electrons. The Morgan fingerprint density at radius 1 is 1.37 bits per heavy atom. The Hall–Kier alpha value is -1.32. The van der Waals surface area contributed by atoms with Crippen LogP contribution < -0.4 is 9.47 Å². The zero-order chi connectivity index (χ0) is 13.5. The van der Waals surface area contributed by atoms with E-state index in [1.54, 1.807) is 6.08 Å². The molecule has 1 fully saturated rings. The third-order valence-electron chi connectivity index (χ3n) is 3.68. The van der Waals surface area contributed by atoms with Crippen LogP contribution in [0, 0.1) is 6.92 Å². The first kappa shape index (κ1) is 12.7. The Kier molecular flexibility index (Phi) is 3.11. The molecule has 0 aromatic heterocycles. The highest BCUT2D eigenvalue weighted by atomic mass is 79.9. The summed E-state index contributed by atoms with van der Waals surface area (Å²) in [4.78, 5) is 14.6. The van der Waals surface area contributed by atoms with Crippen molar-refractivity contribution in [1.82, 2.24) is 0 Å². The van der Waals surface area contributed by atoms with E-state index in [4.69, 9.17) is 9.47 Å². The molecule has 0 N–H and O–H groups in total. The van der Waals surface area contributed by atoms with E-state index in [9.17, 15) is 4.79 Å². The summed E-state index contributed by atoms with van der Waals surface area (Å²) in [5.74, 6) is 1.54. The van der Waals surface area contributed by atoms with E-state index in [-0.39, 0.29) is 0 Å². The van der Waals surface area contributed by atoms with Gasteiger partial charge in [-0.25, -0.2) is 4.79 Å². The number of halogens is 1. The molecule has 0 bridgehead atoms. The maximum absolute atomic E-state index is 10.6. The number of rotatable bonds is 2. The lowest BCUT2D eigenvalue weighted by Gasteiger charge is -2.19. The summed E-state index contributed by atoms with van der Waals surface area (Å²) in [6.07, 6.45) is 4.32. The predicted octanol–water partition coefficient (Wildman–Crippen LogP) is 3.24. The van der Waals surface area contributed by atoms with Gasteiger partial charge in [0.25, 0.3) is 0 Å². The maximum atomic E-state index is 10.6. The molecule has 5 heteroatoms. The summed E-state index contributed by atoms with van der Waals surface area (Å²) in [7, 11) is 0. The molecular formula is C14H14BrNO3. The average Bonchev–Trinajstić information content (AvgIpc) is 3.14. The topological polar surface area (TPSA) is 47.9 Å². The van der Waals surface area contributed by atoms with Crippen molar-refractivity contribution in [1.29, 1.82) is 0 Å². The number of ether oxygens (including phenoxy) is 2. The fourth-order valence-electron chi connectivity index (χ4n) is 2.63. The van der Waals surface area contributed by atoms with Gasteiger partial charge < -0.3 is 9.47 Å². The first-order chi connectivity index (χ1) is 9.18. The van der Waals surface area contributed by atoms with Crippen LogP contribution in [0.1, 0.15) is 30.4 Å². The van der Waals surface area contributed by atoms with Gasteiger partial charge in [-0.05, 0) is 25.8 Å². The number of aliphatic imine (C=N–C) groups is 1. The van der Waals surface area contributed by atoms with Crippen molar-refractivity contribution in [3.05, 3.63) is 21.7 Å². The van der Waals surface area contributed by atoms with Gasteiger partial charge in [-0.1, -0.05) is 15.9 Å². The minimum absolute atomic E-state index is 0.407. The number of carbonyl (C=O) groups excluding carboxylic acids is 1. The van der Waals surface area contributed by atoms with Gasteiger partial charge in [0.05, 0.1) is 18.8 Å². The van der Waals surface area contributed by atoms with Gasteiger partial charge in [-0.15, -0.1) is 0 Å². The van der Waals surface area contributed by atoms with Gasteiger partial charge in [0.1, 0.15) is 0 Å².